The number of hydrogen-bond donors (Lipinski definition) is 0. The first-order chi connectivity index (χ1) is 31.5. The molecule has 10 aromatic carbocycles. The van der Waals surface area contributed by atoms with Gasteiger partial charge >= 0.3 is 0 Å². The Hall–Kier alpha value is -7.74. The van der Waals surface area contributed by atoms with E-state index in [1.807, 2.05) is 0 Å². The SMILES string of the molecule is CC1(C)c2ccccc2-c2c(N(c3ccc4c(c3)C(c3ccccc3)c3ccccc3-4)c3ccc4c(c3)C3(c5ccccc5-c5ccccc53)c3cccc5cccc-4c35)cccc21. The lowest BCUT2D eigenvalue weighted by atomic mass is 9.61. The minimum Gasteiger partial charge on any atom is -0.310 e. The molecular formula is C63H43N. The lowest BCUT2D eigenvalue weighted by Crippen LogP contribution is -2.32. The lowest BCUT2D eigenvalue weighted by molar-refractivity contribution is 0.660. The monoisotopic (exact) mass is 813 g/mol. The predicted octanol–water partition coefficient (Wildman–Crippen LogP) is 16.1. The van der Waals surface area contributed by atoms with Gasteiger partial charge in [-0.3, -0.25) is 0 Å². The largest absolute Gasteiger partial charge is 0.310 e. The molecule has 1 atom stereocenters. The molecule has 0 fully saturated rings. The molecule has 4 aliphatic carbocycles. The summed E-state index contributed by atoms with van der Waals surface area (Å²) in [6.45, 7) is 4.77. The molecule has 64 heavy (non-hydrogen) atoms. The third-order valence-electron chi connectivity index (χ3n) is 15.3. The summed E-state index contributed by atoms with van der Waals surface area (Å²) in [4.78, 5) is 2.59. The average molecular weight is 814 g/mol. The van der Waals surface area contributed by atoms with Crippen LogP contribution in [-0.2, 0) is 10.8 Å². The molecule has 1 nitrogen and oxygen atoms in total. The molecule has 0 heterocycles. The minimum absolute atomic E-state index is 0.130. The molecule has 0 N–H and O–H groups in total. The molecule has 0 radical (unpaired) electrons. The number of nitrogens with zero attached hydrogens (tertiary/aromatic N) is 1. The van der Waals surface area contributed by atoms with Gasteiger partial charge < -0.3 is 4.90 Å². The second-order valence-electron chi connectivity index (χ2n) is 18.7. The van der Waals surface area contributed by atoms with Crippen molar-refractivity contribution in [3.8, 4) is 44.5 Å². The van der Waals surface area contributed by atoms with Crippen molar-refractivity contribution >= 4 is 27.8 Å². The second-order valence-corrected chi connectivity index (χ2v) is 18.7. The van der Waals surface area contributed by atoms with E-state index in [1.54, 1.807) is 0 Å². The summed E-state index contributed by atoms with van der Waals surface area (Å²) in [5.74, 6) is 0.130. The smallest absolute Gasteiger partial charge is 0.0726 e. The van der Waals surface area contributed by atoms with Gasteiger partial charge in [-0.05, 0) is 130 Å². The molecule has 14 rings (SSSR count). The minimum atomic E-state index is -0.525. The molecule has 0 aromatic heterocycles. The van der Waals surface area contributed by atoms with Gasteiger partial charge in [-0.2, -0.15) is 0 Å². The Bertz CT molecular complexity index is 3560. The topological polar surface area (TPSA) is 3.24 Å². The van der Waals surface area contributed by atoms with E-state index in [9.17, 15) is 0 Å². The van der Waals surface area contributed by atoms with Crippen molar-refractivity contribution in [2.45, 2.75) is 30.6 Å². The van der Waals surface area contributed by atoms with Crippen LogP contribution >= 0.6 is 0 Å². The Kier molecular flexibility index (Phi) is 7.22. The molecule has 0 bridgehead atoms. The van der Waals surface area contributed by atoms with Gasteiger partial charge in [0, 0.05) is 28.3 Å². The highest BCUT2D eigenvalue weighted by Gasteiger charge is 2.50. The second kappa shape index (κ2) is 12.9. The highest BCUT2D eigenvalue weighted by atomic mass is 15.1. The third kappa shape index (κ3) is 4.53. The Morgan fingerprint density at radius 1 is 0.359 bits per heavy atom. The van der Waals surface area contributed by atoms with Gasteiger partial charge in [-0.15, -0.1) is 0 Å². The third-order valence-corrected chi connectivity index (χ3v) is 15.3. The van der Waals surface area contributed by atoms with Crippen molar-refractivity contribution in [3.63, 3.8) is 0 Å². The van der Waals surface area contributed by atoms with E-state index in [0.717, 1.165) is 11.4 Å². The zero-order chi connectivity index (χ0) is 42.3. The first-order valence-corrected chi connectivity index (χ1v) is 22.7. The molecule has 0 aliphatic heterocycles. The number of anilines is 3. The van der Waals surface area contributed by atoms with Crippen molar-refractivity contribution in [1.82, 2.24) is 0 Å². The van der Waals surface area contributed by atoms with E-state index in [-0.39, 0.29) is 11.3 Å². The van der Waals surface area contributed by atoms with Gasteiger partial charge in [-0.25, -0.2) is 0 Å². The Balaban J connectivity index is 1.09. The fraction of sp³-hybridized carbons (Fsp3) is 0.0794. The Labute approximate surface area is 374 Å². The molecule has 0 amide bonds. The van der Waals surface area contributed by atoms with Crippen LogP contribution in [0.1, 0.15) is 69.8 Å². The average Bonchev–Trinajstić information content (AvgIpc) is 3.92. The summed E-state index contributed by atoms with van der Waals surface area (Å²) in [5.41, 5.74) is 25.4. The van der Waals surface area contributed by atoms with Crippen LogP contribution in [0.2, 0.25) is 0 Å². The summed E-state index contributed by atoms with van der Waals surface area (Å²) in [6.07, 6.45) is 0. The molecule has 0 saturated carbocycles. The summed E-state index contributed by atoms with van der Waals surface area (Å²) in [5, 5.41) is 2.62. The maximum Gasteiger partial charge on any atom is 0.0726 e. The fourth-order valence-corrected chi connectivity index (χ4v) is 12.7. The van der Waals surface area contributed by atoms with Crippen LogP contribution in [-0.4, -0.2) is 0 Å². The molecule has 1 heteroatoms. The van der Waals surface area contributed by atoms with Crippen LogP contribution in [0.5, 0.6) is 0 Å². The highest BCUT2D eigenvalue weighted by molar-refractivity contribution is 6.08. The summed E-state index contributed by atoms with van der Waals surface area (Å²) in [6, 6.07) is 83.0. The van der Waals surface area contributed by atoms with E-state index in [2.05, 4.69) is 237 Å². The summed E-state index contributed by atoms with van der Waals surface area (Å²) >= 11 is 0. The van der Waals surface area contributed by atoms with Crippen molar-refractivity contribution < 1.29 is 0 Å². The number of rotatable bonds is 4. The van der Waals surface area contributed by atoms with Crippen molar-refractivity contribution in [1.29, 1.82) is 0 Å². The van der Waals surface area contributed by atoms with Crippen molar-refractivity contribution in [2.75, 3.05) is 4.90 Å². The summed E-state index contributed by atoms with van der Waals surface area (Å²) in [7, 11) is 0. The first-order valence-electron chi connectivity index (χ1n) is 22.7. The van der Waals surface area contributed by atoms with Gasteiger partial charge in [0.05, 0.1) is 11.1 Å². The van der Waals surface area contributed by atoms with Crippen LogP contribution in [0.15, 0.2) is 218 Å². The number of hydrogen-bond acceptors (Lipinski definition) is 1. The lowest BCUT2D eigenvalue weighted by Gasteiger charge is -2.41. The highest BCUT2D eigenvalue weighted by Crippen LogP contribution is 2.63. The van der Waals surface area contributed by atoms with E-state index in [1.165, 1.54) is 111 Å². The fourth-order valence-electron chi connectivity index (χ4n) is 12.7. The van der Waals surface area contributed by atoms with Gasteiger partial charge in [0.1, 0.15) is 0 Å². The normalized spacial score (nSPS) is 15.8. The summed E-state index contributed by atoms with van der Waals surface area (Å²) < 4.78 is 0. The van der Waals surface area contributed by atoms with E-state index in [4.69, 9.17) is 0 Å². The van der Waals surface area contributed by atoms with Crippen LogP contribution < -0.4 is 4.90 Å². The zero-order valence-electron chi connectivity index (χ0n) is 35.8. The Morgan fingerprint density at radius 2 is 0.891 bits per heavy atom. The van der Waals surface area contributed by atoms with E-state index in [0.29, 0.717) is 0 Å². The molecular weight excluding hydrogens is 771 g/mol. The van der Waals surface area contributed by atoms with Crippen LogP contribution in [0.25, 0.3) is 55.3 Å². The van der Waals surface area contributed by atoms with Gasteiger partial charge in [0.2, 0.25) is 0 Å². The van der Waals surface area contributed by atoms with Crippen LogP contribution in [0.3, 0.4) is 0 Å². The van der Waals surface area contributed by atoms with E-state index >= 15 is 0 Å². The number of benzene rings is 10. The molecule has 300 valence electrons. The van der Waals surface area contributed by atoms with E-state index < -0.39 is 5.41 Å². The maximum atomic E-state index is 2.59. The quantitative estimate of drug-likeness (QED) is 0.171. The Morgan fingerprint density at radius 3 is 1.66 bits per heavy atom. The standard InChI is InChI=1S/C63H43N/c1-62(2)52-27-11-10-25-50(52)61-55(62)30-16-32-58(61)64(41-33-35-44-43-21-6-7-24-48(43)59(51(44)37-41)39-17-4-3-5-18-39)42-34-36-47-49-26-14-19-40-20-15-31-56(60(40)49)63(57(47)38-42)53-28-12-8-22-45(53)46-23-9-13-29-54(46)63/h3-38,59H,1-2H3. The van der Waals surface area contributed by atoms with Gasteiger partial charge in [0.25, 0.3) is 0 Å². The molecule has 10 aromatic rings. The van der Waals surface area contributed by atoms with Crippen molar-refractivity contribution in [2.24, 2.45) is 0 Å². The van der Waals surface area contributed by atoms with Crippen LogP contribution in [0.4, 0.5) is 17.1 Å². The zero-order valence-corrected chi connectivity index (χ0v) is 35.8. The predicted molar refractivity (Wildman–Crippen MR) is 265 cm³/mol. The van der Waals surface area contributed by atoms with Gasteiger partial charge in [-0.1, -0.05) is 202 Å². The molecule has 4 aliphatic rings. The molecule has 0 saturated heterocycles. The van der Waals surface area contributed by atoms with Crippen molar-refractivity contribution in [3.05, 3.63) is 268 Å². The molecule has 1 spiro atoms. The number of fused-ring (bicyclic) bond motifs is 15. The van der Waals surface area contributed by atoms with Gasteiger partial charge in [0.15, 0.2) is 0 Å². The molecule has 1 unspecified atom stereocenters. The first kappa shape index (κ1) is 35.8. The maximum absolute atomic E-state index is 2.59. The van der Waals surface area contributed by atoms with Crippen LogP contribution in [0, 0.1) is 0 Å².